The Kier molecular flexibility index (Phi) is 5.43. The fourth-order valence-electron chi connectivity index (χ4n) is 2.56. The highest BCUT2D eigenvalue weighted by Gasteiger charge is 2.23. The van der Waals surface area contributed by atoms with Crippen LogP contribution in [0.5, 0.6) is 0 Å². The Balaban J connectivity index is 1.44. The second-order valence-electron chi connectivity index (χ2n) is 5.65. The van der Waals surface area contributed by atoms with Crippen molar-refractivity contribution in [2.24, 2.45) is 0 Å². The standard InChI is InChI=1S/C17H20N4O2S/c22-15-14(7-4-9-18-15)21-17(23)19-10-8-13-11-24-16(20-13)12-5-2-1-3-6-12/h1-3,5-6,11,14H,4,7-10H2,(H,18,22)(H2,19,21,23)/t14-/m0/s1. The number of carbonyl (C=O) groups is 2. The average Bonchev–Trinajstić information content (AvgIpc) is 3.07. The van der Waals surface area contributed by atoms with Crippen LogP contribution in [0.2, 0.25) is 0 Å². The molecule has 3 rings (SSSR count). The molecule has 1 aromatic carbocycles. The topological polar surface area (TPSA) is 83.1 Å². The molecule has 1 aliphatic heterocycles. The highest BCUT2D eigenvalue weighted by atomic mass is 32.1. The monoisotopic (exact) mass is 344 g/mol. The van der Waals surface area contributed by atoms with Crippen LogP contribution >= 0.6 is 11.3 Å². The summed E-state index contributed by atoms with van der Waals surface area (Å²) in [6.45, 7) is 1.17. The normalized spacial score (nSPS) is 17.2. The van der Waals surface area contributed by atoms with Gasteiger partial charge in [-0.1, -0.05) is 30.3 Å². The van der Waals surface area contributed by atoms with E-state index in [1.54, 1.807) is 11.3 Å². The Morgan fingerprint density at radius 1 is 1.33 bits per heavy atom. The number of thiazole rings is 1. The molecule has 3 amide bonds. The van der Waals surface area contributed by atoms with Crippen molar-refractivity contribution in [3.63, 3.8) is 0 Å². The van der Waals surface area contributed by atoms with Crippen LogP contribution in [0.4, 0.5) is 4.79 Å². The lowest BCUT2D eigenvalue weighted by atomic mass is 10.1. The van der Waals surface area contributed by atoms with E-state index in [4.69, 9.17) is 0 Å². The first-order valence-electron chi connectivity index (χ1n) is 8.04. The van der Waals surface area contributed by atoms with E-state index in [0.29, 0.717) is 25.9 Å². The molecule has 1 fully saturated rings. The molecule has 2 aromatic rings. The first-order valence-corrected chi connectivity index (χ1v) is 8.92. The maximum Gasteiger partial charge on any atom is 0.315 e. The minimum absolute atomic E-state index is 0.108. The number of aromatic nitrogens is 1. The highest BCUT2D eigenvalue weighted by Crippen LogP contribution is 2.23. The molecule has 0 saturated carbocycles. The summed E-state index contributed by atoms with van der Waals surface area (Å²) in [5, 5.41) is 11.2. The number of piperidine rings is 1. The molecular weight excluding hydrogens is 324 g/mol. The second kappa shape index (κ2) is 7.92. The first-order chi connectivity index (χ1) is 11.7. The Hall–Kier alpha value is -2.41. The molecule has 1 atom stereocenters. The molecule has 0 aliphatic carbocycles. The summed E-state index contributed by atoms with van der Waals surface area (Å²) in [4.78, 5) is 28.0. The van der Waals surface area contributed by atoms with Gasteiger partial charge in [-0.25, -0.2) is 9.78 Å². The van der Waals surface area contributed by atoms with Crippen LogP contribution in [0.25, 0.3) is 10.6 Å². The fraction of sp³-hybridized carbons (Fsp3) is 0.353. The van der Waals surface area contributed by atoms with Crippen molar-refractivity contribution in [1.29, 1.82) is 0 Å². The molecule has 1 aromatic heterocycles. The van der Waals surface area contributed by atoms with Crippen molar-refractivity contribution in [2.45, 2.75) is 25.3 Å². The Labute approximate surface area is 144 Å². The summed E-state index contributed by atoms with van der Waals surface area (Å²) in [5.41, 5.74) is 2.05. The highest BCUT2D eigenvalue weighted by molar-refractivity contribution is 7.13. The van der Waals surface area contributed by atoms with Crippen LogP contribution < -0.4 is 16.0 Å². The third kappa shape index (κ3) is 4.32. The van der Waals surface area contributed by atoms with Crippen molar-refractivity contribution >= 4 is 23.3 Å². The van der Waals surface area contributed by atoms with Crippen LogP contribution in [0.1, 0.15) is 18.5 Å². The van der Waals surface area contributed by atoms with Crippen LogP contribution in [0.3, 0.4) is 0 Å². The molecule has 1 saturated heterocycles. The summed E-state index contributed by atoms with van der Waals surface area (Å²) in [6.07, 6.45) is 2.23. The van der Waals surface area contributed by atoms with Crippen LogP contribution in [0.15, 0.2) is 35.7 Å². The van der Waals surface area contributed by atoms with E-state index in [9.17, 15) is 9.59 Å². The molecule has 3 N–H and O–H groups in total. The van der Waals surface area contributed by atoms with E-state index in [0.717, 1.165) is 22.7 Å². The van der Waals surface area contributed by atoms with Gasteiger partial charge in [-0.05, 0) is 12.8 Å². The van der Waals surface area contributed by atoms with Gasteiger partial charge in [0.2, 0.25) is 5.91 Å². The van der Waals surface area contributed by atoms with E-state index in [2.05, 4.69) is 20.9 Å². The number of rotatable bonds is 5. The fourth-order valence-corrected chi connectivity index (χ4v) is 3.42. The minimum atomic E-state index is -0.428. The van der Waals surface area contributed by atoms with Crippen LogP contribution in [0, 0.1) is 0 Å². The lowest BCUT2D eigenvalue weighted by Crippen LogP contribution is -2.52. The van der Waals surface area contributed by atoms with Crippen LogP contribution in [-0.4, -0.2) is 36.1 Å². The van der Waals surface area contributed by atoms with Gasteiger partial charge in [0.15, 0.2) is 0 Å². The number of nitrogens with zero attached hydrogens (tertiary/aromatic N) is 1. The number of nitrogens with one attached hydrogen (secondary N) is 3. The Bertz CT molecular complexity index is 702. The summed E-state index contributed by atoms with van der Waals surface area (Å²) >= 11 is 1.60. The number of hydrogen-bond donors (Lipinski definition) is 3. The lowest BCUT2D eigenvalue weighted by Gasteiger charge is -2.22. The number of carbonyl (C=O) groups excluding carboxylic acids is 2. The third-order valence-electron chi connectivity index (χ3n) is 3.83. The number of urea groups is 1. The second-order valence-corrected chi connectivity index (χ2v) is 6.50. The molecule has 2 heterocycles. The van der Waals surface area contributed by atoms with Crippen molar-refractivity contribution < 1.29 is 9.59 Å². The number of hydrogen-bond acceptors (Lipinski definition) is 4. The van der Waals surface area contributed by atoms with E-state index < -0.39 is 6.04 Å². The molecule has 0 radical (unpaired) electrons. The van der Waals surface area contributed by atoms with Crippen molar-refractivity contribution in [2.75, 3.05) is 13.1 Å². The van der Waals surface area contributed by atoms with Gasteiger partial charge in [0, 0.05) is 30.5 Å². The van der Waals surface area contributed by atoms with Gasteiger partial charge in [0.25, 0.3) is 0 Å². The zero-order chi connectivity index (χ0) is 16.8. The largest absolute Gasteiger partial charge is 0.354 e. The maximum atomic E-state index is 11.9. The molecule has 6 nitrogen and oxygen atoms in total. The summed E-state index contributed by atoms with van der Waals surface area (Å²) in [5.74, 6) is -0.108. The minimum Gasteiger partial charge on any atom is -0.354 e. The lowest BCUT2D eigenvalue weighted by molar-refractivity contribution is -0.124. The summed E-state index contributed by atoms with van der Waals surface area (Å²) < 4.78 is 0. The van der Waals surface area contributed by atoms with Crippen LogP contribution in [-0.2, 0) is 11.2 Å². The van der Waals surface area contributed by atoms with Gasteiger partial charge < -0.3 is 16.0 Å². The van der Waals surface area contributed by atoms with E-state index in [1.165, 1.54) is 0 Å². The van der Waals surface area contributed by atoms with E-state index >= 15 is 0 Å². The summed E-state index contributed by atoms with van der Waals surface area (Å²) in [6, 6.07) is 9.28. The molecule has 0 unspecified atom stereocenters. The molecule has 0 bridgehead atoms. The van der Waals surface area contributed by atoms with Gasteiger partial charge in [-0.3, -0.25) is 4.79 Å². The van der Waals surface area contributed by atoms with E-state index in [-0.39, 0.29) is 11.9 Å². The van der Waals surface area contributed by atoms with E-state index in [1.807, 2.05) is 35.7 Å². The Morgan fingerprint density at radius 3 is 2.96 bits per heavy atom. The molecule has 24 heavy (non-hydrogen) atoms. The maximum absolute atomic E-state index is 11.9. The average molecular weight is 344 g/mol. The smallest absolute Gasteiger partial charge is 0.315 e. The third-order valence-corrected chi connectivity index (χ3v) is 4.77. The number of amides is 3. The van der Waals surface area contributed by atoms with Gasteiger partial charge in [0.05, 0.1) is 5.69 Å². The van der Waals surface area contributed by atoms with Gasteiger partial charge in [-0.2, -0.15) is 0 Å². The first kappa shape index (κ1) is 16.4. The quantitative estimate of drug-likeness (QED) is 0.775. The van der Waals surface area contributed by atoms with Gasteiger partial charge >= 0.3 is 6.03 Å². The zero-order valence-corrected chi connectivity index (χ0v) is 14.1. The Morgan fingerprint density at radius 2 is 2.17 bits per heavy atom. The van der Waals surface area contributed by atoms with Gasteiger partial charge in [-0.15, -0.1) is 11.3 Å². The van der Waals surface area contributed by atoms with Crippen molar-refractivity contribution in [3.05, 3.63) is 41.4 Å². The number of benzene rings is 1. The molecule has 126 valence electrons. The molecule has 7 heteroatoms. The van der Waals surface area contributed by atoms with Crippen molar-refractivity contribution in [1.82, 2.24) is 20.9 Å². The zero-order valence-electron chi connectivity index (χ0n) is 13.2. The molecule has 1 aliphatic rings. The predicted molar refractivity (Wildman–Crippen MR) is 93.8 cm³/mol. The summed E-state index contributed by atoms with van der Waals surface area (Å²) in [7, 11) is 0. The predicted octanol–water partition coefficient (Wildman–Crippen LogP) is 1.93. The molecule has 0 spiro atoms. The van der Waals surface area contributed by atoms with Gasteiger partial charge in [0.1, 0.15) is 11.0 Å². The SMILES string of the molecule is O=C(NCCc1csc(-c2ccccc2)n1)N[C@H]1CCCNC1=O. The molecular formula is C17H20N4O2S. The van der Waals surface area contributed by atoms with Crippen molar-refractivity contribution in [3.8, 4) is 10.6 Å².